The molecule has 90 valence electrons. The molecule has 1 rings (SSSR count). The Morgan fingerprint density at radius 1 is 1.13 bits per heavy atom. The van der Waals surface area contributed by atoms with Gasteiger partial charge in [-0.05, 0) is 49.7 Å². The van der Waals surface area contributed by atoms with E-state index < -0.39 is 0 Å². The summed E-state index contributed by atoms with van der Waals surface area (Å²) in [5, 5.41) is 3.65. The van der Waals surface area contributed by atoms with Crippen LogP contribution in [0, 0.1) is 5.41 Å². The Morgan fingerprint density at radius 2 is 1.87 bits per heavy atom. The minimum absolute atomic E-state index is 0.609. The molecule has 1 N–H and O–H groups in total. The van der Waals surface area contributed by atoms with Gasteiger partial charge in [0.1, 0.15) is 0 Å². The van der Waals surface area contributed by atoms with Crippen molar-refractivity contribution in [2.24, 2.45) is 5.41 Å². The lowest BCUT2D eigenvalue weighted by Gasteiger charge is -2.33. The molecule has 0 aliphatic heterocycles. The highest BCUT2D eigenvalue weighted by molar-refractivity contribution is 7.98. The number of hydrogen-bond acceptors (Lipinski definition) is 2. The minimum atomic E-state index is 0.609. The summed E-state index contributed by atoms with van der Waals surface area (Å²) in [6, 6.07) is 0. The molecular weight excluding hydrogens is 202 g/mol. The molecule has 1 nitrogen and oxygen atoms in total. The van der Waals surface area contributed by atoms with Gasteiger partial charge in [0.05, 0.1) is 0 Å². The van der Waals surface area contributed by atoms with E-state index in [0.29, 0.717) is 5.41 Å². The molecule has 2 heteroatoms. The van der Waals surface area contributed by atoms with E-state index in [-0.39, 0.29) is 0 Å². The average Bonchev–Trinajstić information content (AvgIpc) is 2.24. The lowest BCUT2D eigenvalue weighted by atomic mass is 9.76. The van der Waals surface area contributed by atoms with Crippen LogP contribution in [0.5, 0.6) is 0 Å². The number of thioether (sulfide) groups is 1. The molecule has 0 amide bonds. The van der Waals surface area contributed by atoms with Gasteiger partial charge in [-0.2, -0.15) is 11.8 Å². The zero-order valence-electron chi connectivity index (χ0n) is 10.5. The standard InChI is InChI=1S/C13H27NS/c1-13(8-4-3-5-9-13)12-14-10-6-7-11-15-2/h14H,3-12H2,1-2H3. The molecule has 0 heterocycles. The molecule has 0 atom stereocenters. The van der Waals surface area contributed by atoms with Gasteiger partial charge in [0, 0.05) is 6.54 Å². The molecule has 0 unspecified atom stereocenters. The first-order valence-corrected chi connectivity index (χ1v) is 7.86. The van der Waals surface area contributed by atoms with Crippen molar-refractivity contribution in [3.05, 3.63) is 0 Å². The van der Waals surface area contributed by atoms with E-state index in [4.69, 9.17) is 0 Å². The number of rotatable bonds is 7. The number of nitrogens with one attached hydrogen (secondary N) is 1. The third kappa shape index (κ3) is 5.82. The molecule has 0 spiro atoms. The summed E-state index contributed by atoms with van der Waals surface area (Å²) >= 11 is 1.96. The van der Waals surface area contributed by atoms with Gasteiger partial charge in [-0.1, -0.05) is 26.2 Å². The number of unbranched alkanes of at least 4 members (excludes halogenated alkanes) is 1. The van der Waals surface area contributed by atoms with Crippen LogP contribution in [-0.4, -0.2) is 25.1 Å². The smallest absolute Gasteiger partial charge is 0.000516 e. The highest BCUT2D eigenvalue weighted by atomic mass is 32.2. The van der Waals surface area contributed by atoms with E-state index in [1.54, 1.807) is 0 Å². The van der Waals surface area contributed by atoms with E-state index in [1.165, 1.54) is 63.8 Å². The second kappa shape index (κ2) is 7.56. The quantitative estimate of drug-likeness (QED) is 0.668. The number of hydrogen-bond donors (Lipinski definition) is 1. The van der Waals surface area contributed by atoms with Gasteiger partial charge < -0.3 is 5.32 Å². The van der Waals surface area contributed by atoms with Crippen LogP contribution in [-0.2, 0) is 0 Å². The van der Waals surface area contributed by atoms with Gasteiger partial charge in [0.15, 0.2) is 0 Å². The summed E-state index contributed by atoms with van der Waals surface area (Å²) in [6.45, 7) is 4.92. The van der Waals surface area contributed by atoms with E-state index in [9.17, 15) is 0 Å². The third-order valence-electron chi connectivity index (χ3n) is 3.56. The largest absolute Gasteiger partial charge is 0.316 e. The van der Waals surface area contributed by atoms with Crippen LogP contribution in [0.4, 0.5) is 0 Å². The topological polar surface area (TPSA) is 12.0 Å². The van der Waals surface area contributed by atoms with Crippen LogP contribution in [0.25, 0.3) is 0 Å². The Bertz CT molecular complexity index is 153. The maximum atomic E-state index is 3.65. The molecule has 0 radical (unpaired) electrons. The maximum absolute atomic E-state index is 3.65. The lowest BCUT2D eigenvalue weighted by Crippen LogP contribution is -2.34. The van der Waals surface area contributed by atoms with Gasteiger partial charge in [0.25, 0.3) is 0 Å². The molecule has 1 aliphatic rings. The predicted octanol–water partition coefficient (Wildman–Crippen LogP) is 3.69. The second-order valence-electron chi connectivity index (χ2n) is 5.25. The van der Waals surface area contributed by atoms with Crippen LogP contribution in [0.2, 0.25) is 0 Å². The fraction of sp³-hybridized carbons (Fsp3) is 1.00. The zero-order chi connectivity index (χ0) is 11.0. The molecule has 0 bridgehead atoms. The van der Waals surface area contributed by atoms with Gasteiger partial charge in [0.2, 0.25) is 0 Å². The molecule has 1 saturated carbocycles. The van der Waals surface area contributed by atoms with Crippen LogP contribution in [0.15, 0.2) is 0 Å². The fourth-order valence-electron chi connectivity index (χ4n) is 2.47. The second-order valence-corrected chi connectivity index (χ2v) is 6.23. The lowest BCUT2D eigenvalue weighted by molar-refractivity contribution is 0.208. The van der Waals surface area contributed by atoms with Crippen molar-refractivity contribution in [3.8, 4) is 0 Å². The molecule has 1 aliphatic carbocycles. The van der Waals surface area contributed by atoms with Crippen LogP contribution < -0.4 is 5.32 Å². The average molecular weight is 229 g/mol. The molecule has 0 aromatic rings. The third-order valence-corrected chi connectivity index (χ3v) is 4.26. The first-order chi connectivity index (χ1) is 7.27. The summed E-state index contributed by atoms with van der Waals surface area (Å²) in [4.78, 5) is 0. The van der Waals surface area contributed by atoms with Crippen LogP contribution >= 0.6 is 11.8 Å². The van der Waals surface area contributed by atoms with E-state index in [0.717, 1.165) is 0 Å². The maximum Gasteiger partial charge on any atom is 0.000516 e. The van der Waals surface area contributed by atoms with Crippen molar-refractivity contribution in [1.29, 1.82) is 0 Å². The highest BCUT2D eigenvalue weighted by Crippen LogP contribution is 2.34. The van der Waals surface area contributed by atoms with Crippen molar-refractivity contribution in [1.82, 2.24) is 5.32 Å². The Morgan fingerprint density at radius 3 is 2.53 bits per heavy atom. The zero-order valence-corrected chi connectivity index (χ0v) is 11.3. The van der Waals surface area contributed by atoms with E-state index in [2.05, 4.69) is 18.5 Å². The van der Waals surface area contributed by atoms with Crippen molar-refractivity contribution in [2.45, 2.75) is 51.9 Å². The normalized spacial score (nSPS) is 20.4. The Labute approximate surface area is 99.8 Å². The van der Waals surface area contributed by atoms with E-state index in [1.807, 2.05) is 11.8 Å². The SMILES string of the molecule is CSCCCCNCC1(C)CCCCC1. The molecule has 1 fully saturated rings. The van der Waals surface area contributed by atoms with Crippen LogP contribution in [0.1, 0.15) is 51.9 Å². The first-order valence-electron chi connectivity index (χ1n) is 6.46. The summed E-state index contributed by atoms with van der Waals surface area (Å²) in [5.41, 5.74) is 0.609. The molecular formula is C13H27NS. The molecule has 0 aromatic heterocycles. The Balaban J connectivity index is 1.98. The van der Waals surface area contributed by atoms with Crippen molar-refractivity contribution >= 4 is 11.8 Å². The van der Waals surface area contributed by atoms with Crippen molar-refractivity contribution < 1.29 is 0 Å². The Hall–Kier alpha value is 0.310. The molecule has 15 heavy (non-hydrogen) atoms. The summed E-state index contributed by atoms with van der Waals surface area (Å²) in [6.07, 6.45) is 12.1. The van der Waals surface area contributed by atoms with Gasteiger partial charge in [-0.3, -0.25) is 0 Å². The fourth-order valence-corrected chi connectivity index (χ4v) is 2.96. The van der Waals surface area contributed by atoms with E-state index >= 15 is 0 Å². The monoisotopic (exact) mass is 229 g/mol. The summed E-state index contributed by atoms with van der Waals surface area (Å²) in [7, 11) is 0. The van der Waals surface area contributed by atoms with Crippen molar-refractivity contribution in [2.75, 3.05) is 25.1 Å². The highest BCUT2D eigenvalue weighted by Gasteiger charge is 2.25. The van der Waals surface area contributed by atoms with Crippen LogP contribution in [0.3, 0.4) is 0 Å². The van der Waals surface area contributed by atoms with Gasteiger partial charge >= 0.3 is 0 Å². The molecule has 0 aromatic carbocycles. The minimum Gasteiger partial charge on any atom is -0.316 e. The summed E-state index contributed by atoms with van der Waals surface area (Å²) < 4.78 is 0. The van der Waals surface area contributed by atoms with Gasteiger partial charge in [-0.25, -0.2) is 0 Å². The molecule has 0 saturated heterocycles. The van der Waals surface area contributed by atoms with Gasteiger partial charge in [-0.15, -0.1) is 0 Å². The first kappa shape index (κ1) is 13.4. The Kier molecular flexibility index (Phi) is 6.74. The summed E-state index contributed by atoms with van der Waals surface area (Å²) in [5.74, 6) is 1.32. The van der Waals surface area contributed by atoms with Crippen molar-refractivity contribution in [3.63, 3.8) is 0 Å². The predicted molar refractivity (Wildman–Crippen MR) is 71.7 cm³/mol.